The van der Waals surface area contributed by atoms with Crippen LogP contribution in [0.1, 0.15) is 31.7 Å². The van der Waals surface area contributed by atoms with Crippen molar-refractivity contribution >= 4 is 16.7 Å². The molecular weight excluding hydrogens is 426 g/mol. The maximum atomic E-state index is 10.1. The number of anilines is 1. The van der Waals surface area contributed by atoms with E-state index in [9.17, 15) is 5.26 Å². The number of ether oxygens (including phenoxy) is 1. The van der Waals surface area contributed by atoms with Crippen LogP contribution in [0.3, 0.4) is 0 Å². The molecule has 0 N–H and O–H groups in total. The Morgan fingerprint density at radius 3 is 2.79 bits per heavy atom. The summed E-state index contributed by atoms with van der Waals surface area (Å²) >= 11 is 0. The summed E-state index contributed by atoms with van der Waals surface area (Å²) in [5.41, 5.74) is 2.15. The number of hydrogen-bond acceptors (Lipinski definition) is 7. The highest BCUT2D eigenvalue weighted by atomic mass is 16.5. The lowest BCUT2D eigenvalue weighted by atomic mass is 9.56. The molecule has 8 heteroatoms. The minimum atomic E-state index is -0.368. The molecule has 2 saturated carbocycles. The molecule has 2 aliphatic heterocycles. The van der Waals surface area contributed by atoms with E-state index in [1.165, 1.54) is 6.42 Å². The molecule has 2 saturated heterocycles. The van der Waals surface area contributed by atoms with Gasteiger partial charge in [-0.1, -0.05) is 19.1 Å². The number of benzene rings is 1. The SMILES string of the molecule is C[C@@H]1CC12CC(C#N)(c1ccc3cnn(-c4cc(N5CCN6CCOC[C@@H]6C5)ncn4)c3c1)C2. The monoisotopic (exact) mass is 455 g/mol. The predicted molar refractivity (Wildman–Crippen MR) is 128 cm³/mol. The Morgan fingerprint density at radius 2 is 1.97 bits per heavy atom. The van der Waals surface area contributed by atoms with E-state index in [1.807, 2.05) is 16.9 Å². The predicted octanol–water partition coefficient (Wildman–Crippen LogP) is 2.92. The second kappa shape index (κ2) is 7.24. The number of nitriles is 1. The maximum absolute atomic E-state index is 10.1. The van der Waals surface area contributed by atoms with Gasteiger partial charge in [-0.2, -0.15) is 10.4 Å². The molecule has 174 valence electrons. The highest BCUT2D eigenvalue weighted by Crippen LogP contribution is 2.72. The average Bonchev–Trinajstić information content (AvgIpc) is 3.33. The lowest BCUT2D eigenvalue weighted by Crippen LogP contribution is -2.58. The largest absolute Gasteiger partial charge is 0.378 e. The molecule has 1 aromatic carbocycles. The van der Waals surface area contributed by atoms with Crippen molar-refractivity contribution in [2.45, 2.75) is 37.6 Å². The van der Waals surface area contributed by atoms with Gasteiger partial charge in [-0.15, -0.1) is 0 Å². The second-order valence-electron chi connectivity index (χ2n) is 10.8. The number of aromatic nitrogens is 4. The summed E-state index contributed by atoms with van der Waals surface area (Å²) in [6, 6.07) is 11.5. The van der Waals surface area contributed by atoms with Crippen LogP contribution in [-0.4, -0.2) is 70.1 Å². The Kier molecular flexibility index (Phi) is 4.33. The van der Waals surface area contributed by atoms with Crippen LogP contribution in [0, 0.1) is 22.7 Å². The van der Waals surface area contributed by atoms with E-state index in [1.54, 1.807) is 6.33 Å². The van der Waals surface area contributed by atoms with Gasteiger partial charge in [0.15, 0.2) is 5.82 Å². The van der Waals surface area contributed by atoms with Gasteiger partial charge < -0.3 is 9.64 Å². The third-order valence-electron chi connectivity index (χ3n) is 8.86. The smallest absolute Gasteiger partial charge is 0.159 e. The van der Waals surface area contributed by atoms with Gasteiger partial charge in [0, 0.05) is 37.6 Å². The van der Waals surface area contributed by atoms with E-state index in [0.29, 0.717) is 11.5 Å². The van der Waals surface area contributed by atoms with Crippen LogP contribution in [-0.2, 0) is 10.2 Å². The Morgan fingerprint density at radius 1 is 1.12 bits per heavy atom. The molecule has 0 bridgehead atoms. The summed E-state index contributed by atoms with van der Waals surface area (Å²) in [5, 5.41) is 15.8. The molecule has 2 aromatic heterocycles. The first-order valence-corrected chi connectivity index (χ1v) is 12.4. The third kappa shape index (κ3) is 3.00. The zero-order chi connectivity index (χ0) is 22.9. The maximum Gasteiger partial charge on any atom is 0.159 e. The van der Waals surface area contributed by atoms with Gasteiger partial charge >= 0.3 is 0 Å². The van der Waals surface area contributed by atoms with E-state index >= 15 is 0 Å². The summed E-state index contributed by atoms with van der Waals surface area (Å²) < 4.78 is 7.59. The lowest BCUT2D eigenvalue weighted by Gasteiger charge is -2.44. The van der Waals surface area contributed by atoms with Crippen molar-refractivity contribution < 1.29 is 4.74 Å². The van der Waals surface area contributed by atoms with Crippen molar-refractivity contribution in [1.29, 1.82) is 5.26 Å². The first-order chi connectivity index (χ1) is 16.6. The summed E-state index contributed by atoms with van der Waals surface area (Å²) in [7, 11) is 0. The fourth-order valence-corrected chi connectivity index (χ4v) is 6.62. The van der Waals surface area contributed by atoms with E-state index in [-0.39, 0.29) is 5.41 Å². The first-order valence-electron chi connectivity index (χ1n) is 12.4. The fourth-order valence-electron chi connectivity index (χ4n) is 6.62. The number of rotatable bonds is 3. The Labute approximate surface area is 199 Å². The minimum absolute atomic E-state index is 0.368. The molecule has 4 aliphatic rings. The van der Waals surface area contributed by atoms with E-state index in [4.69, 9.17) is 4.74 Å². The number of nitrogens with zero attached hydrogens (tertiary/aromatic N) is 7. The van der Waals surface area contributed by atoms with Crippen LogP contribution >= 0.6 is 0 Å². The standard InChI is InChI=1S/C26H29N7O/c1-18-10-25(18)14-26(15-25,16-27)20-3-2-19-11-30-33(22(19)8-20)24-9-23(28-17-29-24)32-5-4-31-6-7-34-13-21(31)12-32/h2-3,8-9,11,17-18,21H,4-7,10,12-15H2,1H3/t18-,21+,25?,26?/m1/s1. The second-order valence-corrected chi connectivity index (χ2v) is 10.8. The van der Waals surface area contributed by atoms with Crippen molar-refractivity contribution in [2.75, 3.05) is 44.3 Å². The molecule has 7 rings (SSSR count). The Hall–Kier alpha value is -3.02. The molecule has 1 spiro atoms. The summed E-state index contributed by atoms with van der Waals surface area (Å²) in [5.74, 6) is 2.43. The van der Waals surface area contributed by atoms with Crippen molar-refractivity contribution in [3.63, 3.8) is 0 Å². The lowest BCUT2D eigenvalue weighted by molar-refractivity contribution is -0.0117. The van der Waals surface area contributed by atoms with E-state index in [2.05, 4.69) is 56.1 Å². The highest BCUT2D eigenvalue weighted by molar-refractivity contribution is 5.81. The van der Waals surface area contributed by atoms with Crippen molar-refractivity contribution in [3.8, 4) is 11.9 Å². The summed E-state index contributed by atoms with van der Waals surface area (Å²) in [6.45, 7) is 7.81. The Bertz CT molecular complexity index is 1300. The molecule has 2 atom stereocenters. The molecule has 4 heterocycles. The number of hydrogen-bond donors (Lipinski definition) is 0. The quantitative estimate of drug-likeness (QED) is 0.600. The Balaban J connectivity index is 1.20. The van der Waals surface area contributed by atoms with Crippen LogP contribution in [0.2, 0.25) is 0 Å². The summed E-state index contributed by atoms with van der Waals surface area (Å²) in [4.78, 5) is 14.0. The zero-order valence-electron chi connectivity index (χ0n) is 19.5. The fraction of sp³-hybridized carbons (Fsp3) is 0.538. The molecule has 8 nitrogen and oxygen atoms in total. The van der Waals surface area contributed by atoms with Gasteiger partial charge in [0.25, 0.3) is 0 Å². The number of piperazine rings is 1. The van der Waals surface area contributed by atoms with Crippen LogP contribution in [0.25, 0.3) is 16.7 Å². The van der Waals surface area contributed by atoms with Gasteiger partial charge in [-0.3, -0.25) is 4.90 Å². The van der Waals surface area contributed by atoms with E-state index in [0.717, 1.165) is 86.3 Å². The highest BCUT2D eigenvalue weighted by Gasteiger charge is 2.66. The average molecular weight is 456 g/mol. The normalized spacial score (nSPS) is 32.9. The van der Waals surface area contributed by atoms with E-state index < -0.39 is 0 Å². The van der Waals surface area contributed by atoms with Gasteiger partial charge in [-0.25, -0.2) is 14.6 Å². The van der Waals surface area contributed by atoms with Crippen LogP contribution in [0.15, 0.2) is 36.8 Å². The molecular formula is C26H29N7O. The third-order valence-corrected chi connectivity index (χ3v) is 8.86. The minimum Gasteiger partial charge on any atom is -0.378 e. The molecule has 34 heavy (non-hydrogen) atoms. The van der Waals surface area contributed by atoms with Crippen LogP contribution < -0.4 is 4.90 Å². The number of fused-ring (bicyclic) bond motifs is 2. The molecule has 0 radical (unpaired) electrons. The van der Waals surface area contributed by atoms with Crippen LogP contribution in [0.5, 0.6) is 0 Å². The zero-order valence-corrected chi connectivity index (χ0v) is 19.5. The van der Waals surface area contributed by atoms with Gasteiger partial charge in [0.1, 0.15) is 12.1 Å². The van der Waals surface area contributed by atoms with Crippen molar-refractivity contribution in [1.82, 2.24) is 24.6 Å². The molecule has 3 aromatic rings. The molecule has 4 fully saturated rings. The van der Waals surface area contributed by atoms with Gasteiger partial charge in [0.05, 0.1) is 42.5 Å². The van der Waals surface area contributed by atoms with Gasteiger partial charge in [0.2, 0.25) is 0 Å². The molecule has 2 aliphatic carbocycles. The molecule has 0 unspecified atom stereocenters. The van der Waals surface area contributed by atoms with Crippen molar-refractivity contribution in [3.05, 3.63) is 42.4 Å². The van der Waals surface area contributed by atoms with Crippen molar-refractivity contribution in [2.24, 2.45) is 11.3 Å². The van der Waals surface area contributed by atoms with Crippen LogP contribution in [0.4, 0.5) is 5.82 Å². The topological polar surface area (TPSA) is 83.1 Å². The molecule has 0 amide bonds. The summed E-state index contributed by atoms with van der Waals surface area (Å²) in [6.07, 6.45) is 6.73. The number of morpholine rings is 1. The first kappa shape index (κ1) is 20.4. The van der Waals surface area contributed by atoms with Gasteiger partial charge in [-0.05, 0) is 42.2 Å².